The Hall–Kier alpha value is -2.55. The summed E-state index contributed by atoms with van der Waals surface area (Å²) in [6.07, 6.45) is 5.68. The maximum absolute atomic E-state index is 13.2. The van der Waals surface area contributed by atoms with Crippen LogP contribution in [0.25, 0.3) is 10.9 Å². The van der Waals surface area contributed by atoms with E-state index in [4.69, 9.17) is 9.97 Å². The molecule has 0 spiro atoms. The fourth-order valence-corrected chi connectivity index (χ4v) is 6.79. The molecule has 0 N–H and O–H groups in total. The Kier molecular flexibility index (Phi) is 7.55. The van der Waals surface area contributed by atoms with Crippen LogP contribution in [-0.4, -0.2) is 66.9 Å². The molecule has 2 aliphatic rings. The minimum Gasteiger partial charge on any atom is -0.356 e. The summed E-state index contributed by atoms with van der Waals surface area (Å²) >= 11 is 0. The number of aryl methyl sites for hydroxylation is 1. The van der Waals surface area contributed by atoms with Crippen LogP contribution < -0.4 is 4.90 Å². The molecule has 2 aromatic carbocycles. The lowest BCUT2D eigenvalue weighted by molar-refractivity contribution is 0.141. The van der Waals surface area contributed by atoms with Gasteiger partial charge in [-0.2, -0.15) is 4.31 Å². The molecule has 0 bridgehead atoms. The van der Waals surface area contributed by atoms with Crippen LogP contribution >= 0.6 is 0 Å². The lowest BCUT2D eigenvalue weighted by Gasteiger charge is -2.37. The molecule has 5 rings (SSSR count). The van der Waals surface area contributed by atoms with Crippen molar-refractivity contribution < 1.29 is 8.42 Å². The summed E-state index contributed by atoms with van der Waals surface area (Å²) in [6.45, 7) is 8.58. The smallest absolute Gasteiger partial charge is 0.243 e. The lowest BCUT2D eigenvalue weighted by atomic mass is 10.1. The molecule has 192 valence electrons. The molecule has 7 nitrogen and oxygen atoms in total. The second-order valence-electron chi connectivity index (χ2n) is 9.98. The summed E-state index contributed by atoms with van der Waals surface area (Å²) in [7, 11) is -3.49. The highest BCUT2D eigenvalue weighted by atomic mass is 32.2. The van der Waals surface area contributed by atoms with E-state index in [0.717, 1.165) is 48.5 Å². The number of benzene rings is 2. The fourth-order valence-electron chi connectivity index (χ4n) is 5.37. The number of rotatable bonds is 7. The molecule has 0 amide bonds. The number of hydrogen-bond donors (Lipinski definition) is 0. The first-order valence-corrected chi connectivity index (χ1v) is 14.8. The van der Waals surface area contributed by atoms with Crippen LogP contribution in [-0.2, 0) is 16.4 Å². The predicted octanol–water partition coefficient (Wildman–Crippen LogP) is 4.64. The van der Waals surface area contributed by atoms with Gasteiger partial charge in [-0.05, 0) is 62.4 Å². The molecule has 1 aromatic heterocycles. The maximum Gasteiger partial charge on any atom is 0.243 e. The Balaban J connectivity index is 1.31. The molecule has 1 atom stereocenters. The number of anilines is 1. The Morgan fingerprint density at radius 1 is 0.861 bits per heavy atom. The summed E-state index contributed by atoms with van der Waals surface area (Å²) < 4.78 is 28.1. The number of sulfonamides is 1. The van der Waals surface area contributed by atoms with Gasteiger partial charge < -0.3 is 4.90 Å². The van der Waals surface area contributed by atoms with E-state index in [0.29, 0.717) is 31.1 Å². The molecule has 2 aliphatic heterocycles. The van der Waals surface area contributed by atoms with Crippen LogP contribution in [0.15, 0.2) is 53.4 Å². The first-order chi connectivity index (χ1) is 17.5. The monoisotopic (exact) mass is 507 g/mol. The summed E-state index contributed by atoms with van der Waals surface area (Å²) in [6, 6.07) is 15.7. The maximum atomic E-state index is 13.2. The summed E-state index contributed by atoms with van der Waals surface area (Å²) in [5.41, 5.74) is 2.15. The second-order valence-corrected chi connectivity index (χ2v) is 11.9. The molecule has 3 aromatic rings. The zero-order chi connectivity index (χ0) is 25.1. The molecule has 0 radical (unpaired) electrons. The normalized spacial score (nSPS) is 19.0. The molecular formula is C28H37N5O2S. The Labute approximate surface area is 215 Å². The van der Waals surface area contributed by atoms with Gasteiger partial charge in [0.05, 0.1) is 16.5 Å². The topological polar surface area (TPSA) is 69.6 Å². The van der Waals surface area contributed by atoms with E-state index in [2.05, 4.69) is 41.8 Å². The average Bonchev–Trinajstić information content (AvgIpc) is 2.93. The van der Waals surface area contributed by atoms with Gasteiger partial charge >= 0.3 is 0 Å². The zero-order valence-corrected chi connectivity index (χ0v) is 22.3. The molecule has 36 heavy (non-hydrogen) atoms. The third-order valence-corrected chi connectivity index (χ3v) is 9.46. The fraction of sp³-hybridized carbons (Fsp3) is 0.500. The molecule has 0 aliphatic carbocycles. The quantitative estimate of drug-likeness (QED) is 0.464. The van der Waals surface area contributed by atoms with E-state index in [9.17, 15) is 8.42 Å². The van der Waals surface area contributed by atoms with Crippen molar-refractivity contribution in [2.45, 2.75) is 56.9 Å². The van der Waals surface area contributed by atoms with Crippen molar-refractivity contribution in [2.24, 2.45) is 0 Å². The number of nitrogens with zero attached hydrogens (tertiary/aromatic N) is 5. The van der Waals surface area contributed by atoms with Gasteiger partial charge in [0.1, 0.15) is 11.6 Å². The van der Waals surface area contributed by atoms with E-state index in [-0.39, 0.29) is 6.04 Å². The van der Waals surface area contributed by atoms with Crippen LogP contribution in [0.4, 0.5) is 5.82 Å². The number of aromatic nitrogens is 2. The standard InChI is InChI=1S/C28H37N5O2S/c1-3-9-23-12-14-24(15-13-23)36(34,35)33-20-18-31(19-21-33)22(2)27-29-26-11-6-5-10-25(26)28(30-27)32-16-7-4-8-17-32/h5-6,10-15,22H,3-4,7-9,16-21H2,1-2H3/t22-/m1/s1. The Bertz CT molecular complexity index is 1280. The minimum absolute atomic E-state index is 0.0105. The van der Waals surface area contributed by atoms with Gasteiger partial charge in [0.2, 0.25) is 10.0 Å². The van der Waals surface area contributed by atoms with Crippen LogP contribution in [0.3, 0.4) is 0 Å². The summed E-state index contributed by atoms with van der Waals surface area (Å²) in [4.78, 5) is 15.1. The predicted molar refractivity (Wildman–Crippen MR) is 145 cm³/mol. The van der Waals surface area contributed by atoms with E-state index in [1.807, 2.05) is 18.2 Å². The number of piperazine rings is 1. The number of fused-ring (bicyclic) bond motifs is 1. The van der Waals surface area contributed by atoms with Gasteiger partial charge in [0.15, 0.2) is 0 Å². The van der Waals surface area contributed by atoms with Gasteiger partial charge in [-0.1, -0.05) is 37.6 Å². The molecular weight excluding hydrogens is 470 g/mol. The van der Waals surface area contributed by atoms with E-state index in [1.54, 1.807) is 16.4 Å². The van der Waals surface area contributed by atoms with Crippen molar-refractivity contribution in [3.63, 3.8) is 0 Å². The summed E-state index contributed by atoms with van der Waals surface area (Å²) in [5.74, 6) is 1.85. The Morgan fingerprint density at radius 3 is 2.25 bits per heavy atom. The molecule has 2 saturated heterocycles. The second kappa shape index (κ2) is 10.8. The number of para-hydroxylation sites is 1. The SMILES string of the molecule is CCCc1ccc(S(=O)(=O)N2CCN([C@H](C)c3nc(N4CCCCC4)c4ccccc4n3)CC2)cc1. The third kappa shape index (κ3) is 5.12. The number of hydrogen-bond acceptors (Lipinski definition) is 6. The van der Waals surface area contributed by atoms with E-state index >= 15 is 0 Å². The molecule has 0 saturated carbocycles. The highest BCUT2D eigenvalue weighted by molar-refractivity contribution is 7.89. The average molecular weight is 508 g/mol. The highest BCUT2D eigenvalue weighted by Gasteiger charge is 2.31. The zero-order valence-electron chi connectivity index (χ0n) is 21.4. The van der Waals surface area contributed by atoms with Gasteiger partial charge in [-0.25, -0.2) is 18.4 Å². The van der Waals surface area contributed by atoms with E-state index in [1.165, 1.54) is 24.8 Å². The van der Waals surface area contributed by atoms with Crippen LogP contribution in [0.1, 0.15) is 57.0 Å². The molecule has 2 fully saturated rings. The van der Waals surface area contributed by atoms with Gasteiger partial charge in [0, 0.05) is 44.7 Å². The highest BCUT2D eigenvalue weighted by Crippen LogP contribution is 2.30. The molecule has 0 unspecified atom stereocenters. The van der Waals surface area contributed by atoms with Crippen molar-refractivity contribution in [1.29, 1.82) is 0 Å². The van der Waals surface area contributed by atoms with Gasteiger partial charge in [-0.15, -0.1) is 0 Å². The van der Waals surface area contributed by atoms with Gasteiger partial charge in [-0.3, -0.25) is 4.90 Å². The Morgan fingerprint density at radius 2 is 1.56 bits per heavy atom. The molecule has 8 heteroatoms. The van der Waals surface area contributed by atoms with Crippen LogP contribution in [0, 0.1) is 0 Å². The van der Waals surface area contributed by atoms with Crippen molar-refractivity contribution in [2.75, 3.05) is 44.2 Å². The molecule has 3 heterocycles. The van der Waals surface area contributed by atoms with Crippen molar-refractivity contribution in [3.05, 3.63) is 59.9 Å². The minimum atomic E-state index is -3.49. The number of piperidine rings is 1. The third-order valence-electron chi connectivity index (χ3n) is 7.55. The van der Waals surface area contributed by atoms with Crippen molar-refractivity contribution in [3.8, 4) is 0 Å². The van der Waals surface area contributed by atoms with Crippen LogP contribution in [0.5, 0.6) is 0 Å². The van der Waals surface area contributed by atoms with Crippen molar-refractivity contribution in [1.82, 2.24) is 19.2 Å². The van der Waals surface area contributed by atoms with Crippen molar-refractivity contribution >= 4 is 26.7 Å². The van der Waals surface area contributed by atoms with Gasteiger partial charge in [0.25, 0.3) is 0 Å². The first kappa shape index (κ1) is 25.1. The first-order valence-electron chi connectivity index (χ1n) is 13.3. The summed E-state index contributed by atoms with van der Waals surface area (Å²) in [5, 5.41) is 1.11. The largest absolute Gasteiger partial charge is 0.356 e. The lowest BCUT2D eigenvalue weighted by Crippen LogP contribution is -2.49. The van der Waals surface area contributed by atoms with E-state index < -0.39 is 10.0 Å². The van der Waals surface area contributed by atoms with Crippen LogP contribution in [0.2, 0.25) is 0 Å².